The van der Waals surface area contributed by atoms with Crippen LogP contribution in [0.15, 0.2) is 21.1 Å². The van der Waals surface area contributed by atoms with Crippen LogP contribution in [-0.2, 0) is 12.8 Å². The summed E-state index contributed by atoms with van der Waals surface area (Å²) >= 11 is 7.47. The summed E-state index contributed by atoms with van der Waals surface area (Å²) in [6, 6.07) is 4.63. The van der Waals surface area contributed by atoms with Crippen molar-refractivity contribution in [3.63, 3.8) is 0 Å². The number of unbranched alkanes of at least 4 members (excludes halogenated alkanes) is 5. The van der Waals surface area contributed by atoms with Gasteiger partial charge in [-0.25, -0.2) is 0 Å². The third-order valence-electron chi connectivity index (χ3n) is 3.56. The molecule has 0 heterocycles. The molecule has 0 N–H and O–H groups in total. The van der Waals surface area contributed by atoms with E-state index in [9.17, 15) is 0 Å². The van der Waals surface area contributed by atoms with Crippen LogP contribution in [0.25, 0.3) is 0 Å². The highest BCUT2D eigenvalue weighted by molar-refractivity contribution is 9.11. The van der Waals surface area contributed by atoms with Gasteiger partial charge in [0.05, 0.1) is 0 Å². The number of benzene rings is 1. The van der Waals surface area contributed by atoms with Gasteiger partial charge in [0.25, 0.3) is 0 Å². The van der Waals surface area contributed by atoms with Crippen molar-refractivity contribution in [2.24, 2.45) is 0 Å². The number of hydrogen-bond donors (Lipinski definition) is 0. The van der Waals surface area contributed by atoms with Crippen LogP contribution >= 0.6 is 31.9 Å². The van der Waals surface area contributed by atoms with E-state index in [-0.39, 0.29) is 0 Å². The monoisotopic (exact) mass is 388 g/mol. The minimum absolute atomic E-state index is 1.18. The molecule has 0 bridgehead atoms. The lowest BCUT2D eigenvalue weighted by atomic mass is 10.0. The van der Waals surface area contributed by atoms with E-state index in [1.165, 1.54) is 77.9 Å². The largest absolute Gasteiger partial charge is 0.0654 e. The van der Waals surface area contributed by atoms with Gasteiger partial charge in [0.1, 0.15) is 0 Å². The Kier molecular flexibility index (Phi) is 9.06. The first-order chi connectivity index (χ1) is 9.19. The van der Waals surface area contributed by atoms with Crippen LogP contribution in [0, 0.1) is 0 Å². The standard InChI is InChI=1S/C17H26Br2/c1-3-5-7-9-11-15-13-16(18)14(12-17(15)19)10-8-6-4-2/h12-13H,3-11H2,1-2H3. The maximum Gasteiger partial charge on any atom is 0.0210 e. The van der Waals surface area contributed by atoms with Crippen LogP contribution in [0.2, 0.25) is 0 Å². The molecule has 19 heavy (non-hydrogen) atoms. The van der Waals surface area contributed by atoms with E-state index in [0.717, 1.165) is 0 Å². The number of hydrogen-bond acceptors (Lipinski definition) is 0. The van der Waals surface area contributed by atoms with Gasteiger partial charge in [-0.3, -0.25) is 0 Å². The zero-order valence-electron chi connectivity index (χ0n) is 12.3. The second kappa shape index (κ2) is 9.99. The molecule has 0 amide bonds. The first-order valence-electron chi connectivity index (χ1n) is 7.65. The minimum atomic E-state index is 1.18. The second-order valence-corrected chi connectivity index (χ2v) is 7.01. The third-order valence-corrected chi connectivity index (χ3v) is 5.04. The Bertz CT molecular complexity index is 372. The van der Waals surface area contributed by atoms with Gasteiger partial charge in [0, 0.05) is 8.95 Å². The van der Waals surface area contributed by atoms with Gasteiger partial charge in [0.15, 0.2) is 0 Å². The smallest absolute Gasteiger partial charge is 0.0210 e. The molecule has 0 radical (unpaired) electrons. The predicted octanol–water partition coefficient (Wildman–Crippen LogP) is 7.07. The van der Waals surface area contributed by atoms with Gasteiger partial charge in [0.2, 0.25) is 0 Å². The average molecular weight is 390 g/mol. The van der Waals surface area contributed by atoms with Gasteiger partial charge < -0.3 is 0 Å². The van der Waals surface area contributed by atoms with E-state index >= 15 is 0 Å². The van der Waals surface area contributed by atoms with Crippen LogP contribution in [0.1, 0.15) is 69.9 Å². The fraction of sp³-hybridized carbons (Fsp3) is 0.647. The number of rotatable bonds is 9. The van der Waals surface area contributed by atoms with Crippen molar-refractivity contribution in [2.45, 2.75) is 71.6 Å². The topological polar surface area (TPSA) is 0 Å². The Balaban J connectivity index is 2.57. The molecular formula is C17H26Br2. The number of aryl methyl sites for hydroxylation is 2. The number of halogens is 2. The molecule has 0 nitrogen and oxygen atoms in total. The zero-order valence-corrected chi connectivity index (χ0v) is 15.4. The molecule has 0 aliphatic heterocycles. The summed E-state index contributed by atoms with van der Waals surface area (Å²) < 4.78 is 2.58. The van der Waals surface area contributed by atoms with E-state index in [0.29, 0.717) is 0 Å². The molecule has 1 rings (SSSR count). The maximum atomic E-state index is 3.74. The highest BCUT2D eigenvalue weighted by Crippen LogP contribution is 2.28. The van der Waals surface area contributed by atoms with Gasteiger partial charge in [-0.05, 0) is 48.9 Å². The molecule has 2 heteroatoms. The molecule has 0 fully saturated rings. The lowest BCUT2D eigenvalue weighted by Crippen LogP contribution is -1.93. The summed E-state index contributed by atoms with van der Waals surface area (Å²) in [4.78, 5) is 0. The fourth-order valence-corrected chi connectivity index (χ4v) is 3.50. The van der Waals surface area contributed by atoms with Crippen molar-refractivity contribution in [2.75, 3.05) is 0 Å². The van der Waals surface area contributed by atoms with Gasteiger partial charge in [-0.15, -0.1) is 0 Å². The first-order valence-corrected chi connectivity index (χ1v) is 9.24. The van der Waals surface area contributed by atoms with Gasteiger partial charge in [-0.1, -0.05) is 77.8 Å². The summed E-state index contributed by atoms with van der Waals surface area (Å²) in [6.45, 7) is 4.52. The maximum absolute atomic E-state index is 3.74. The second-order valence-electron chi connectivity index (χ2n) is 5.30. The van der Waals surface area contributed by atoms with Crippen molar-refractivity contribution in [3.8, 4) is 0 Å². The normalized spacial score (nSPS) is 10.9. The van der Waals surface area contributed by atoms with E-state index in [1.807, 2.05) is 0 Å². The van der Waals surface area contributed by atoms with Crippen LogP contribution in [0.3, 0.4) is 0 Å². The third kappa shape index (κ3) is 6.44. The Morgan fingerprint density at radius 1 is 0.684 bits per heavy atom. The van der Waals surface area contributed by atoms with Crippen molar-refractivity contribution in [1.82, 2.24) is 0 Å². The summed E-state index contributed by atoms with van der Waals surface area (Å²) in [5, 5.41) is 0. The Morgan fingerprint density at radius 2 is 1.11 bits per heavy atom. The molecule has 0 atom stereocenters. The summed E-state index contributed by atoms with van der Waals surface area (Å²) in [6.07, 6.45) is 11.6. The zero-order chi connectivity index (χ0) is 14.1. The summed E-state index contributed by atoms with van der Waals surface area (Å²) in [7, 11) is 0. The Labute approximate surface area is 135 Å². The Hall–Kier alpha value is 0.180. The lowest BCUT2D eigenvalue weighted by molar-refractivity contribution is 0.665. The molecule has 0 unspecified atom stereocenters. The van der Waals surface area contributed by atoms with Crippen molar-refractivity contribution < 1.29 is 0 Å². The molecule has 0 saturated carbocycles. The van der Waals surface area contributed by atoms with E-state index in [1.54, 1.807) is 0 Å². The molecular weight excluding hydrogens is 364 g/mol. The Morgan fingerprint density at radius 3 is 1.58 bits per heavy atom. The van der Waals surface area contributed by atoms with Crippen molar-refractivity contribution in [1.29, 1.82) is 0 Å². The van der Waals surface area contributed by atoms with Gasteiger partial charge in [-0.2, -0.15) is 0 Å². The lowest BCUT2D eigenvalue weighted by Gasteiger charge is -2.10. The molecule has 1 aromatic carbocycles. The first kappa shape index (κ1) is 17.2. The van der Waals surface area contributed by atoms with Crippen molar-refractivity contribution in [3.05, 3.63) is 32.2 Å². The van der Waals surface area contributed by atoms with Crippen molar-refractivity contribution >= 4 is 31.9 Å². The summed E-state index contributed by atoms with van der Waals surface area (Å²) in [5.74, 6) is 0. The van der Waals surface area contributed by atoms with Crippen LogP contribution in [-0.4, -0.2) is 0 Å². The SMILES string of the molecule is CCCCCCc1cc(Br)c(CCCCC)cc1Br. The molecule has 0 saturated heterocycles. The molecule has 1 aromatic rings. The molecule has 0 spiro atoms. The van der Waals surface area contributed by atoms with E-state index in [4.69, 9.17) is 0 Å². The van der Waals surface area contributed by atoms with Crippen LogP contribution < -0.4 is 0 Å². The molecule has 0 aliphatic carbocycles. The van der Waals surface area contributed by atoms with Gasteiger partial charge >= 0.3 is 0 Å². The van der Waals surface area contributed by atoms with E-state index < -0.39 is 0 Å². The average Bonchev–Trinajstić information content (AvgIpc) is 2.39. The molecule has 0 aliphatic rings. The highest BCUT2D eigenvalue weighted by atomic mass is 79.9. The predicted molar refractivity (Wildman–Crippen MR) is 92.9 cm³/mol. The van der Waals surface area contributed by atoms with E-state index in [2.05, 4.69) is 57.8 Å². The summed E-state index contributed by atoms with van der Waals surface area (Å²) in [5.41, 5.74) is 2.89. The fourth-order valence-electron chi connectivity index (χ4n) is 2.32. The van der Waals surface area contributed by atoms with Crippen LogP contribution in [0.4, 0.5) is 0 Å². The minimum Gasteiger partial charge on any atom is -0.0654 e. The van der Waals surface area contributed by atoms with Crippen LogP contribution in [0.5, 0.6) is 0 Å². The molecule has 108 valence electrons. The molecule has 0 aromatic heterocycles. The quantitative estimate of drug-likeness (QED) is 0.396. The highest BCUT2D eigenvalue weighted by Gasteiger charge is 2.06.